The monoisotopic (exact) mass is 358 g/mol. The predicted octanol–water partition coefficient (Wildman–Crippen LogP) is 3.39. The van der Waals surface area contributed by atoms with Crippen molar-refractivity contribution in [2.75, 3.05) is 7.05 Å². The molecule has 2 aliphatic heterocycles. The van der Waals surface area contributed by atoms with Gasteiger partial charge < -0.3 is 4.57 Å². The summed E-state index contributed by atoms with van der Waals surface area (Å²) in [4.78, 5) is 2.57. The number of rotatable bonds is 1. The number of fused-ring (bicyclic) bond motifs is 6. The third kappa shape index (κ3) is 2.06. The first-order chi connectivity index (χ1) is 11.6. The Morgan fingerprint density at radius 3 is 2.71 bits per heavy atom. The van der Waals surface area contributed by atoms with Gasteiger partial charge in [0.25, 0.3) is 0 Å². The summed E-state index contributed by atoms with van der Waals surface area (Å²) < 4.78 is 2.46. The zero-order valence-electron chi connectivity index (χ0n) is 13.7. The van der Waals surface area contributed by atoms with E-state index >= 15 is 0 Å². The fourth-order valence-corrected chi connectivity index (χ4v) is 5.16. The Balaban J connectivity index is 1.84. The summed E-state index contributed by atoms with van der Waals surface area (Å²) in [5.74, 6) is 0. The number of likely N-dealkylation sites (N-methyl/N-ethyl adjacent to an activating group) is 1. The molecule has 0 radical (unpaired) electrons. The molecule has 3 aliphatic rings. The second-order valence-corrected chi connectivity index (χ2v) is 8.21. The van der Waals surface area contributed by atoms with Gasteiger partial charge >= 0.3 is 0 Å². The first-order valence-corrected chi connectivity index (χ1v) is 9.52. The van der Waals surface area contributed by atoms with E-state index in [4.69, 9.17) is 23.2 Å². The van der Waals surface area contributed by atoms with Gasteiger partial charge in [0.2, 0.25) is 0 Å². The lowest BCUT2D eigenvalue weighted by atomic mass is 9.97. The minimum absolute atomic E-state index is 0.104. The van der Waals surface area contributed by atoms with Crippen molar-refractivity contribution in [2.45, 2.75) is 43.1 Å². The van der Waals surface area contributed by atoms with Crippen molar-refractivity contribution in [2.24, 2.45) is 0 Å². The lowest BCUT2D eigenvalue weighted by Crippen LogP contribution is -2.37. The van der Waals surface area contributed by atoms with Crippen molar-refractivity contribution in [1.82, 2.24) is 9.47 Å². The Bertz CT molecular complexity index is 926. The number of benzene rings is 1. The van der Waals surface area contributed by atoms with Crippen LogP contribution in [0, 0.1) is 0 Å². The van der Waals surface area contributed by atoms with E-state index in [1.807, 2.05) is 12.1 Å². The SMILES string of the molecule is CN1C2CCC1c1c(n(-c3ccc(Cl)cc3)c3c1=CC(Cl)CC=3)C2. The minimum atomic E-state index is 0.104. The highest BCUT2D eigenvalue weighted by Gasteiger charge is 2.40. The topological polar surface area (TPSA) is 8.17 Å². The van der Waals surface area contributed by atoms with E-state index in [-0.39, 0.29) is 5.38 Å². The zero-order chi connectivity index (χ0) is 16.4. The van der Waals surface area contributed by atoms with Crippen LogP contribution in [-0.2, 0) is 6.42 Å². The highest BCUT2D eigenvalue weighted by atomic mass is 35.5. The largest absolute Gasteiger partial charge is 0.314 e. The molecule has 3 heterocycles. The molecule has 5 rings (SSSR count). The lowest BCUT2D eigenvalue weighted by Gasteiger charge is -2.32. The molecule has 3 unspecified atom stereocenters. The van der Waals surface area contributed by atoms with Gasteiger partial charge in [0.1, 0.15) is 0 Å². The molecule has 1 saturated heterocycles. The summed E-state index contributed by atoms with van der Waals surface area (Å²) in [6.07, 6.45) is 9.15. The molecule has 0 N–H and O–H groups in total. The van der Waals surface area contributed by atoms with E-state index in [9.17, 15) is 0 Å². The fourth-order valence-electron chi connectivity index (χ4n) is 4.82. The first kappa shape index (κ1) is 15.1. The van der Waals surface area contributed by atoms with Gasteiger partial charge in [-0.25, -0.2) is 0 Å². The van der Waals surface area contributed by atoms with Crippen LogP contribution >= 0.6 is 23.2 Å². The normalized spacial score (nSPS) is 28.0. The number of halogens is 2. The molecule has 1 aliphatic carbocycles. The summed E-state index contributed by atoms with van der Waals surface area (Å²) in [5.41, 5.74) is 4.20. The van der Waals surface area contributed by atoms with Gasteiger partial charge in [0.15, 0.2) is 0 Å². The van der Waals surface area contributed by atoms with E-state index < -0.39 is 0 Å². The number of hydrogen-bond donors (Lipinski definition) is 0. The summed E-state index contributed by atoms with van der Waals surface area (Å²) in [5, 5.41) is 3.57. The Hall–Kier alpha value is -1.22. The molecular formula is C20H20Cl2N2. The molecule has 2 nitrogen and oxygen atoms in total. The summed E-state index contributed by atoms with van der Waals surface area (Å²) >= 11 is 12.6. The maximum absolute atomic E-state index is 6.47. The molecule has 0 spiro atoms. The van der Waals surface area contributed by atoms with Crippen LogP contribution in [0.4, 0.5) is 0 Å². The third-order valence-electron chi connectivity index (χ3n) is 5.96. The van der Waals surface area contributed by atoms with Crippen LogP contribution < -0.4 is 10.6 Å². The van der Waals surface area contributed by atoms with E-state index in [2.05, 4.69) is 40.8 Å². The van der Waals surface area contributed by atoms with Crippen LogP contribution in [0.25, 0.3) is 17.8 Å². The number of alkyl halides is 1. The number of aromatic nitrogens is 1. The van der Waals surface area contributed by atoms with Gasteiger partial charge in [0.05, 0.1) is 5.38 Å². The van der Waals surface area contributed by atoms with Crippen molar-refractivity contribution in [3.63, 3.8) is 0 Å². The summed E-state index contributed by atoms with van der Waals surface area (Å²) in [7, 11) is 2.28. The molecule has 1 aromatic carbocycles. The van der Waals surface area contributed by atoms with E-state index in [1.54, 1.807) is 0 Å². The van der Waals surface area contributed by atoms with E-state index in [1.165, 1.54) is 40.4 Å². The highest BCUT2D eigenvalue weighted by molar-refractivity contribution is 6.30. The smallest absolute Gasteiger partial charge is 0.0560 e. The molecule has 0 saturated carbocycles. The van der Waals surface area contributed by atoms with Gasteiger partial charge in [-0.3, -0.25) is 4.90 Å². The van der Waals surface area contributed by atoms with Crippen molar-refractivity contribution < 1.29 is 0 Å². The molecule has 1 aromatic heterocycles. The molecule has 3 atom stereocenters. The first-order valence-electron chi connectivity index (χ1n) is 8.71. The number of nitrogens with zero attached hydrogens (tertiary/aromatic N) is 2. The quantitative estimate of drug-likeness (QED) is 0.709. The van der Waals surface area contributed by atoms with Crippen LogP contribution in [0.15, 0.2) is 24.3 Å². The Kier molecular flexibility index (Phi) is 3.38. The van der Waals surface area contributed by atoms with Crippen molar-refractivity contribution in [3.05, 3.63) is 51.1 Å². The molecule has 2 aromatic rings. The molecule has 124 valence electrons. The van der Waals surface area contributed by atoms with Crippen molar-refractivity contribution in [1.29, 1.82) is 0 Å². The predicted molar refractivity (Wildman–Crippen MR) is 100 cm³/mol. The van der Waals surface area contributed by atoms with Crippen LogP contribution in [0.2, 0.25) is 5.02 Å². The second kappa shape index (κ2) is 5.39. The average Bonchev–Trinajstić information content (AvgIpc) is 2.99. The zero-order valence-corrected chi connectivity index (χ0v) is 15.2. The number of hydrogen-bond acceptors (Lipinski definition) is 1. The average molecular weight is 359 g/mol. The highest BCUT2D eigenvalue weighted by Crippen LogP contribution is 2.41. The Labute approximate surface area is 152 Å². The van der Waals surface area contributed by atoms with Crippen LogP contribution in [0.3, 0.4) is 0 Å². The standard InChI is InChI=1S/C20H20Cl2N2/c1-23-15-7-9-18(23)20-16-10-13(22)4-8-17(16)24(19(20)11-15)14-5-2-12(21)3-6-14/h2-3,5-6,8,10,13,15,18H,4,7,9,11H2,1H3. The molecular weight excluding hydrogens is 339 g/mol. The van der Waals surface area contributed by atoms with Gasteiger partial charge in [-0.05, 0) is 56.1 Å². The molecule has 2 bridgehead atoms. The summed E-state index contributed by atoms with van der Waals surface area (Å²) in [6.45, 7) is 0. The van der Waals surface area contributed by atoms with Crippen molar-refractivity contribution in [3.8, 4) is 5.69 Å². The molecule has 24 heavy (non-hydrogen) atoms. The minimum Gasteiger partial charge on any atom is -0.314 e. The molecule has 0 amide bonds. The van der Waals surface area contributed by atoms with E-state index in [0.717, 1.165) is 17.9 Å². The van der Waals surface area contributed by atoms with Crippen LogP contribution in [0.1, 0.15) is 36.6 Å². The molecule has 4 heteroatoms. The Morgan fingerprint density at radius 1 is 1.12 bits per heavy atom. The second-order valence-electron chi connectivity index (χ2n) is 7.21. The van der Waals surface area contributed by atoms with Crippen molar-refractivity contribution >= 4 is 35.4 Å². The van der Waals surface area contributed by atoms with Crippen LogP contribution in [-0.4, -0.2) is 27.9 Å². The Morgan fingerprint density at radius 2 is 1.92 bits per heavy atom. The maximum atomic E-state index is 6.47. The summed E-state index contributed by atoms with van der Waals surface area (Å²) in [6, 6.07) is 9.42. The molecule has 1 fully saturated rings. The third-order valence-corrected chi connectivity index (χ3v) is 6.52. The fraction of sp³-hybridized carbons (Fsp3) is 0.400. The van der Waals surface area contributed by atoms with E-state index in [0.29, 0.717) is 12.1 Å². The van der Waals surface area contributed by atoms with Gasteiger partial charge in [-0.1, -0.05) is 23.8 Å². The maximum Gasteiger partial charge on any atom is 0.0560 e. The lowest BCUT2D eigenvalue weighted by molar-refractivity contribution is 0.221. The van der Waals surface area contributed by atoms with Gasteiger partial charge in [0, 0.05) is 45.5 Å². The van der Waals surface area contributed by atoms with Crippen LogP contribution in [0.5, 0.6) is 0 Å². The van der Waals surface area contributed by atoms with Gasteiger partial charge in [-0.15, -0.1) is 11.6 Å². The van der Waals surface area contributed by atoms with Gasteiger partial charge in [-0.2, -0.15) is 0 Å².